The topological polar surface area (TPSA) is 27.7 Å². The molecule has 3 rings (SSSR count). The summed E-state index contributed by atoms with van der Waals surface area (Å²) in [5, 5.41) is 8.46. The highest BCUT2D eigenvalue weighted by Gasteiger charge is 2.31. The molecule has 114 valence electrons. The van der Waals surface area contributed by atoms with E-state index < -0.39 is 7.32 Å². The molecule has 0 aliphatic heterocycles. The fraction of sp³-hybridized carbons (Fsp3) is 0.200. The van der Waals surface area contributed by atoms with Gasteiger partial charge in [-0.05, 0) is 71.8 Å². The molecule has 0 atom stereocenters. The monoisotopic (exact) mass is 350 g/mol. The maximum Gasteiger partial charge on any atom is 0.865 e. The van der Waals surface area contributed by atoms with E-state index >= 15 is 0 Å². The summed E-state index contributed by atoms with van der Waals surface area (Å²) in [7, 11) is -0.797. The summed E-state index contributed by atoms with van der Waals surface area (Å²) < 4.78 is 17.5. The number of rotatable bonds is 6. The largest absolute Gasteiger partial charge is 0.865 e. The molecule has 22 heavy (non-hydrogen) atoms. The molecular weight excluding hydrogens is 335 g/mol. The van der Waals surface area contributed by atoms with Gasteiger partial charge in [0.2, 0.25) is 0 Å². The molecule has 0 bridgehead atoms. The molecule has 3 aromatic rings. The minimum atomic E-state index is -0.797. The zero-order valence-corrected chi connectivity index (χ0v) is 14.9. The Morgan fingerprint density at radius 3 is 1.18 bits per heavy atom. The molecule has 3 aromatic heterocycles. The highest BCUT2D eigenvalue weighted by molar-refractivity contribution is 7.13. The average molecular weight is 350 g/mol. The van der Waals surface area contributed by atoms with Gasteiger partial charge in [-0.15, -0.1) is 34.0 Å². The third kappa shape index (κ3) is 4.06. The molecule has 0 amide bonds. The number of hydrogen-bond donors (Lipinski definition) is 0. The smallest absolute Gasteiger partial charge is 0.481 e. The molecule has 0 aliphatic carbocycles. The van der Waals surface area contributed by atoms with Crippen LogP contribution in [0.25, 0.3) is 0 Å². The normalized spacial score (nSPS) is 10.5. The molecule has 3 heterocycles. The van der Waals surface area contributed by atoms with Crippen molar-refractivity contribution in [3.8, 4) is 15.2 Å². The quantitative estimate of drug-likeness (QED) is 0.563. The average Bonchev–Trinajstić information content (AvgIpc) is 3.14. The lowest BCUT2D eigenvalue weighted by Crippen LogP contribution is -2.36. The van der Waals surface area contributed by atoms with E-state index in [4.69, 9.17) is 14.0 Å². The summed E-state index contributed by atoms with van der Waals surface area (Å²) in [6, 6.07) is 5.93. The van der Waals surface area contributed by atoms with E-state index in [1.807, 2.05) is 55.1 Å². The lowest BCUT2D eigenvalue weighted by atomic mass is 10.2. The zero-order chi connectivity index (χ0) is 15.5. The Morgan fingerprint density at radius 1 is 0.636 bits per heavy atom. The molecule has 0 unspecified atom stereocenters. The first-order valence-electron chi connectivity index (χ1n) is 6.74. The van der Waals surface area contributed by atoms with Crippen LogP contribution in [-0.2, 0) is 0 Å². The van der Waals surface area contributed by atoms with Gasteiger partial charge in [-0.25, -0.2) is 0 Å². The van der Waals surface area contributed by atoms with E-state index in [9.17, 15) is 0 Å². The Balaban J connectivity index is 1.74. The van der Waals surface area contributed by atoms with Crippen molar-refractivity contribution in [3.05, 3.63) is 51.0 Å². The van der Waals surface area contributed by atoms with Crippen LogP contribution >= 0.6 is 34.0 Å². The van der Waals surface area contributed by atoms with Crippen molar-refractivity contribution in [3.63, 3.8) is 0 Å². The van der Waals surface area contributed by atoms with E-state index in [1.54, 1.807) is 0 Å². The second-order valence-corrected chi connectivity index (χ2v) is 7.59. The second-order valence-electron chi connectivity index (χ2n) is 4.97. The van der Waals surface area contributed by atoms with Crippen molar-refractivity contribution in [1.29, 1.82) is 0 Å². The predicted octanol–water partition coefficient (Wildman–Crippen LogP) is 5.32. The minimum absolute atomic E-state index is 0.782. The Bertz CT molecular complexity index is 646. The van der Waals surface area contributed by atoms with Gasteiger partial charge >= 0.3 is 7.32 Å². The van der Waals surface area contributed by atoms with Gasteiger partial charge in [-0.3, -0.25) is 0 Å². The maximum atomic E-state index is 5.85. The minimum Gasteiger partial charge on any atom is -0.481 e. The van der Waals surface area contributed by atoms with Gasteiger partial charge in [0.15, 0.2) is 15.2 Å². The van der Waals surface area contributed by atoms with Crippen LogP contribution in [0.15, 0.2) is 34.3 Å². The molecular formula is C15H15BO3S3. The molecule has 0 fully saturated rings. The van der Waals surface area contributed by atoms with Gasteiger partial charge in [0, 0.05) is 0 Å². The lowest BCUT2D eigenvalue weighted by Gasteiger charge is -2.13. The van der Waals surface area contributed by atoms with E-state index in [-0.39, 0.29) is 0 Å². The van der Waals surface area contributed by atoms with E-state index in [0.717, 1.165) is 31.9 Å². The molecule has 0 saturated heterocycles. The van der Waals surface area contributed by atoms with Crippen molar-refractivity contribution in [2.45, 2.75) is 20.8 Å². The number of thiophene rings is 3. The summed E-state index contributed by atoms with van der Waals surface area (Å²) in [6.45, 7) is 6.10. The van der Waals surface area contributed by atoms with Crippen molar-refractivity contribution >= 4 is 41.3 Å². The molecule has 0 saturated carbocycles. The first-order chi connectivity index (χ1) is 10.6. The fourth-order valence-corrected chi connectivity index (χ4v) is 4.03. The fourth-order valence-electron chi connectivity index (χ4n) is 1.76. The van der Waals surface area contributed by atoms with Crippen LogP contribution in [0.2, 0.25) is 0 Å². The Labute approximate surface area is 142 Å². The molecule has 0 aliphatic rings. The predicted molar refractivity (Wildman–Crippen MR) is 94.8 cm³/mol. The highest BCUT2D eigenvalue weighted by Crippen LogP contribution is 2.29. The third-order valence-electron chi connectivity index (χ3n) is 2.76. The van der Waals surface area contributed by atoms with Gasteiger partial charge in [0.1, 0.15) is 0 Å². The maximum absolute atomic E-state index is 5.85. The summed E-state index contributed by atoms with van der Waals surface area (Å²) in [5.41, 5.74) is 3.49. The number of hydrogen-bond acceptors (Lipinski definition) is 6. The Morgan fingerprint density at radius 2 is 0.955 bits per heavy atom. The van der Waals surface area contributed by atoms with Gasteiger partial charge in [0.25, 0.3) is 0 Å². The molecule has 0 radical (unpaired) electrons. The van der Waals surface area contributed by atoms with E-state index in [0.29, 0.717) is 0 Å². The summed E-state index contributed by atoms with van der Waals surface area (Å²) in [5.74, 6) is 0. The van der Waals surface area contributed by atoms with Crippen LogP contribution in [-0.4, -0.2) is 7.32 Å². The lowest BCUT2D eigenvalue weighted by molar-refractivity contribution is 0.318. The first-order valence-corrected chi connectivity index (χ1v) is 9.38. The van der Waals surface area contributed by atoms with E-state index in [1.165, 1.54) is 34.0 Å². The van der Waals surface area contributed by atoms with Crippen molar-refractivity contribution in [2.75, 3.05) is 0 Å². The van der Waals surface area contributed by atoms with Crippen LogP contribution in [0.4, 0.5) is 0 Å². The van der Waals surface area contributed by atoms with Gasteiger partial charge in [0.05, 0.1) is 0 Å². The number of aryl methyl sites for hydroxylation is 3. The standard InChI is InChI=1S/C15H15BO3S3/c1-10-4-13(20-7-10)17-16(18-14-5-11(2)8-21-14)19-15-6-12(3)9-22-15/h4-9H,1-3H3. The molecule has 0 N–H and O–H groups in total. The van der Waals surface area contributed by atoms with Crippen LogP contribution in [0.5, 0.6) is 15.2 Å². The zero-order valence-electron chi connectivity index (χ0n) is 12.5. The van der Waals surface area contributed by atoms with Gasteiger partial charge in [-0.1, -0.05) is 0 Å². The van der Waals surface area contributed by atoms with Crippen LogP contribution in [0.3, 0.4) is 0 Å². The van der Waals surface area contributed by atoms with Crippen molar-refractivity contribution in [1.82, 2.24) is 0 Å². The summed E-state index contributed by atoms with van der Waals surface area (Å²) >= 11 is 4.60. The van der Waals surface area contributed by atoms with Crippen molar-refractivity contribution < 1.29 is 14.0 Å². The van der Waals surface area contributed by atoms with E-state index in [2.05, 4.69) is 0 Å². The molecule has 3 nitrogen and oxygen atoms in total. The van der Waals surface area contributed by atoms with Gasteiger partial charge < -0.3 is 14.0 Å². The van der Waals surface area contributed by atoms with Gasteiger partial charge in [-0.2, -0.15) is 0 Å². The van der Waals surface area contributed by atoms with Crippen LogP contribution in [0.1, 0.15) is 16.7 Å². The van der Waals surface area contributed by atoms with Crippen LogP contribution in [0, 0.1) is 20.8 Å². The molecule has 7 heteroatoms. The second kappa shape index (κ2) is 6.77. The third-order valence-corrected chi connectivity index (χ3v) is 5.56. The SMILES string of the molecule is Cc1csc(OB(Oc2cc(C)cs2)Oc2cc(C)cs2)c1. The van der Waals surface area contributed by atoms with Crippen LogP contribution < -0.4 is 14.0 Å². The van der Waals surface area contributed by atoms with Crippen molar-refractivity contribution in [2.24, 2.45) is 0 Å². The Kier molecular flexibility index (Phi) is 4.76. The Hall–Kier alpha value is -1.44. The highest BCUT2D eigenvalue weighted by atomic mass is 32.1. The summed E-state index contributed by atoms with van der Waals surface area (Å²) in [6.07, 6.45) is 0. The molecule has 0 aromatic carbocycles. The first kappa shape index (κ1) is 15.5. The molecule has 0 spiro atoms. The summed E-state index contributed by atoms with van der Waals surface area (Å²) in [4.78, 5) is 0.